The van der Waals surface area contributed by atoms with Gasteiger partial charge in [-0.3, -0.25) is 0 Å². The van der Waals surface area contributed by atoms with Crippen molar-refractivity contribution in [1.29, 1.82) is 0 Å². The Hall–Kier alpha value is -2.81. The minimum Gasteiger partial charge on any atom is -0.358 e. The standard InChI is InChI=1S/C44H50Si.2CH3.Hf/c1-13-45(14-2,37-21-35-17-15-19-39(41(35)23-37)43-31(9)27(5)25(3)28(6)32(43)10)38-22-36-18-16-20-40(42(36)24-38)44-33(11)29(7)26(4)30(8)34(44)12;;;/h15-24H,13-14H2,1-12H3;2*1H3;/q-2;2*-1;+4. The molecule has 0 N–H and O–H groups in total. The van der Waals surface area contributed by atoms with Gasteiger partial charge in [-0.2, -0.15) is 12.1 Å². The quantitative estimate of drug-likeness (QED) is 0.116. The molecular formula is C46H56HfSi. The zero-order valence-corrected chi connectivity index (χ0v) is 36.8. The SMILES string of the molecule is CC[Si](CC)(c1cc2c(-c3c(C)c(C)c(C)c(C)c3C)cccc2[cH-]1)c1cc2c(-c3c(C)c(C)c(C)c(C)c3C)cccc2[cH-]1.[CH3-].[CH3-].[Hf+4]. The van der Waals surface area contributed by atoms with Crippen LogP contribution < -0.4 is 10.4 Å². The molecule has 2 heteroatoms. The summed E-state index contributed by atoms with van der Waals surface area (Å²) in [5.74, 6) is 0. The van der Waals surface area contributed by atoms with E-state index in [0.29, 0.717) is 0 Å². The van der Waals surface area contributed by atoms with Gasteiger partial charge in [-0.15, -0.1) is 68.3 Å². The second-order valence-electron chi connectivity index (χ2n) is 13.9. The monoisotopic (exact) mass is 816 g/mol. The topological polar surface area (TPSA) is 0 Å². The molecule has 6 aromatic carbocycles. The molecule has 0 amide bonds. The van der Waals surface area contributed by atoms with E-state index < -0.39 is 8.07 Å². The van der Waals surface area contributed by atoms with Gasteiger partial charge in [0.1, 0.15) is 0 Å². The van der Waals surface area contributed by atoms with Gasteiger partial charge in [0.25, 0.3) is 0 Å². The van der Waals surface area contributed by atoms with Crippen molar-refractivity contribution >= 4 is 40.0 Å². The van der Waals surface area contributed by atoms with E-state index in [-0.39, 0.29) is 40.7 Å². The Morgan fingerprint density at radius 3 is 1.04 bits per heavy atom. The van der Waals surface area contributed by atoms with Gasteiger partial charge in [0.2, 0.25) is 0 Å². The van der Waals surface area contributed by atoms with E-state index in [0.717, 1.165) is 0 Å². The van der Waals surface area contributed by atoms with Gasteiger partial charge in [-0.25, -0.2) is 0 Å². The van der Waals surface area contributed by atoms with Crippen molar-refractivity contribution in [2.45, 2.75) is 95.2 Å². The number of rotatable bonds is 6. The normalized spacial score (nSPS) is 11.4. The fraction of sp³-hybridized carbons (Fsp3) is 0.304. The second-order valence-corrected chi connectivity index (χ2v) is 18.6. The molecule has 0 aromatic heterocycles. The van der Waals surface area contributed by atoms with Crippen molar-refractivity contribution in [1.82, 2.24) is 0 Å². The summed E-state index contributed by atoms with van der Waals surface area (Å²) in [6.45, 7) is 27.9. The van der Waals surface area contributed by atoms with Gasteiger partial charge >= 0.3 is 25.8 Å². The van der Waals surface area contributed by atoms with Crippen molar-refractivity contribution in [3.8, 4) is 22.3 Å². The van der Waals surface area contributed by atoms with Crippen LogP contribution in [0.5, 0.6) is 0 Å². The van der Waals surface area contributed by atoms with Gasteiger partial charge in [0.05, 0.1) is 8.07 Å². The third kappa shape index (κ3) is 5.79. The largest absolute Gasteiger partial charge is 4.00 e. The van der Waals surface area contributed by atoms with Crippen molar-refractivity contribution in [3.63, 3.8) is 0 Å². The summed E-state index contributed by atoms with van der Waals surface area (Å²) in [6, 6.07) is 26.6. The summed E-state index contributed by atoms with van der Waals surface area (Å²) in [5.41, 5.74) is 19.9. The Morgan fingerprint density at radius 1 is 0.458 bits per heavy atom. The Kier molecular flexibility index (Phi) is 12.0. The molecule has 0 bridgehead atoms. The molecule has 0 unspecified atom stereocenters. The maximum absolute atomic E-state index is 2.59. The van der Waals surface area contributed by atoms with Crippen LogP contribution in [0.1, 0.15) is 69.5 Å². The molecule has 48 heavy (non-hydrogen) atoms. The van der Waals surface area contributed by atoms with Crippen LogP contribution in [0.4, 0.5) is 0 Å². The summed E-state index contributed by atoms with van der Waals surface area (Å²) in [4.78, 5) is 0. The van der Waals surface area contributed by atoms with E-state index in [2.05, 4.69) is 144 Å². The molecule has 0 heterocycles. The third-order valence-corrected chi connectivity index (χ3v) is 17.6. The first-order chi connectivity index (χ1) is 21.4. The molecule has 0 radical (unpaired) electrons. The molecule has 0 fully saturated rings. The molecule has 0 nitrogen and oxygen atoms in total. The fourth-order valence-corrected chi connectivity index (χ4v) is 12.7. The van der Waals surface area contributed by atoms with E-state index in [1.807, 2.05) is 0 Å². The van der Waals surface area contributed by atoms with Gasteiger partial charge in [-0.1, -0.05) is 49.2 Å². The van der Waals surface area contributed by atoms with Crippen LogP contribution in [0.3, 0.4) is 0 Å². The number of benzene rings is 4. The third-order valence-electron chi connectivity index (χ3n) is 12.4. The molecule has 0 saturated carbocycles. The molecule has 0 atom stereocenters. The zero-order valence-electron chi connectivity index (χ0n) is 32.2. The van der Waals surface area contributed by atoms with Crippen molar-refractivity contribution in [3.05, 3.63) is 131 Å². The molecule has 0 saturated heterocycles. The molecule has 0 aliphatic carbocycles. The fourth-order valence-electron chi connectivity index (χ4n) is 8.50. The smallest absolute Gasteiger partial charge is 0.358 e. The van der Waals surface area contributed by atoms with Crippen LogP contribution in [0.15, 0.2) is 60.7 Å². The minimum absolute atomic E-state index is 0. The van der Waals surface area contributed by atoms with E-state index >= 15 is 0 Å². The average molecular weight is 816 g/mol. The van der Waals surface area contributed by atoms with Crippen LogP contribution in [-0.2, 0) is 25.8 Å². The summed E-state index contributed by atoms with van der Waals surface area (Å²) in [5, 5.41) is 8.74. The Morgan fingerprint density at radius 2 is 0.750 bits per heavy atom. The van der Waals surface area contributed by atoms with Gasteiger partial charge < -0.3 is 14.9 Å². The Labute approximate surface area is 312 Å². The van der Waals surface area contributed by atoms with Gasteiger partial charge in [-0.05, 0) is 136 Å². The first-order valence-corrected chi connectivity index (χ1v) is 19.3. The summed E-state index contributed by atoms with van der Waals surface area (Å²) >= 11 is 0. The first kappa shape index (κ1) is 39.6. The van der Waals surface area contributed by atoms with Crippen LogP contribution in [-0.4, -0.2) is 8.07 Å². The van der Waals surface area contributed by atoms with Crippen molar-refractivity contribution in [2.75, 3.05) is 0 Å². The average Bonchev–Trinajstić information content (AvgIpc) is 3.68. The summed E-state index contributed by atoms with van der Waals surface area (Å²) in [7, 11) is -2.03. The van der Waals surface area contributed by atoms with Crippen LogP contribution >= 0.6 is 0 Å². The predicted octanol–water partition coefficient (Wildman–Crippen LogP) is 12.3. The van der Waals surface area contributed by atoms with Gasteiger partial charge in [0.15, 0.2) is 0 Å². The molecular weight excluding hydrogens is 759 g/mol. The van der Waals surface area contributed by atoms with Gasteiger partial charge in [0, 0.05) is 0 Å². The van der Waals surface area contributed by atoms with Crippen LogP contribution in [0, 0.1) is 84.1 Å². The van der Waals surface area contributed by atoms with E-state index in [1.165, 1.54) is 112 Å². The van der Waals surface area contributed by atoms with E-state index in [1.54, 1.807) is 10.4 Å². The molecule has 6 aromatic rings. The molecule has 248 valence electrons. The number of hydrogen-bond donors (Lipinski definition) is 0. The molecule has 0 spiro atoms. The molecule has 0 aliphatic rings. The number of hydrogen-bond acceptors (Lipinski definition) is 0. The van der Waals surface area contributed by atoms with Crippen molar-refractivity contribution in [2.24, 2.45) is 0 Å². The number of fused-ring (bicyclic) bond motifs is 2. The Bertz CT molecular complexity index is 1920. The van der Waals surface area contributed by atoms with Crippen LogP contribution in [0.25, 0.3) is 43.8 Å². The maximum Gasteiger partial charge on any atom is 4.00 e. The van der Waals surface area contributed by atoms with E-state index in [9.17, 15) is 0 Å². The molecule has 6 rings (SSSR count). The first-order valence-electron chi connectivity index (χ1n) is 16.9. The second kappa shape index (κ2) is 14.6. The predicted molar refractivity (Wildman–Crippen MR) is 216 cm³/mol. The Balaban J connectivity index is 0.00000208. The van der Waals surface area contributed by atoms with Crippen LogP contribution in [0.2, 0.25) is 12.1 Å². The zero-order chi connectivity index (χ0) is 32.5. The summed E-state index contributed by atoms with van der Waals surface area (Å²) < 4.78 is 0. The summed E-state index contributed by atoms with van der Waals surface area (Å²) in [6.07, 6.45) is 0. The van der Waals surface area contributed by atoms with E-state index in [4.69, 9.17) is 0 Å². The van der Waals surface area contributed by atoms with Crippen molar-refractivity contribution < 1.29 is 25.8 Å². The minimum atomic E-state index is -2.03. The maximum atomic E-state index is 2.59. The molecule has 0 aliphatic heterocycles.